The second-order valence-corrected chi connectivity index (χ2v) is 4.70. The van der Waals surface area contributed by atoms with Crippen LogP contribution in [-0.2, 0) is 11.3 Å². The van der Waals surface area contributed by atoms with Crippen LogP contribution in [0.4, 0.5) is 4.79 Å². The molecular weight excluding hydrogens is 280 g/mol. The molecule has 0 aliphatic rings. The standard InChI is InChI=1S/C17H18N2O3/c1-13-3-5-15(6-4-13)12-22-16-9-7-14(8-10-16)11-18-19-17(20)21-2/h3-11H,12H2,1-2H3,(H,19,20)/b18-11-. The second kappa shape index (κ2) is 7.83. The van der Waals surface area contributed by atoms with Crippen molar-refractivity contribution in [3.63, 3.8) is 0 Å². The summed E-state index contributed by atoms with van der Waals surface area (Å²) in [7, 11) is 1.28. The van der Waals surface area contributed by atoms with Crippen molar-refractivity contribution in [2.24, 2.45) is 5.10 Å². The van der Waals surface area contributed by atoms with E-state index in [1.54, 1.807) is 0 Å². The van der Waals surface area contributed by atoms with Crippen LogP contribution in [0.5, 0.6) is 5.75 Å². The lowest BCUT2D eigenvalue weighted by Crippen LogP contribution is -2.16. The van der Waals surface area contributed by atoms with Crippen LogP contribution in [0.3, 0.4) is 0 Å². The van der Waals surface area contributed by atoms with Crippen molar-refractivity contribution in [2.45, 2.75) is 13.5 Å². The molecule has 2 aromatic rings. The predicted molar refractivity (Wildman–Crippen MR) is 85.1 cm³/mol. The van der Waals surface area contributed by atoms with Crippen molar-refractivity contribution >= 4 is 12.3 Å². The largest absolute Gasteiger partial charge is 0.489 e. The molecule has 5 nitrogen and oxygen atoms in total. The van der Waals surface area contributed by atoms with Crippen molar-refractivity contribution in [2.75, 3.05) is 7.11 Å². The predicted octanol–water partition coefficient (Wildman–Crippen LogP) is 3.26. The van der Waals surface area contributed by atoms with Crippen molar-refractivity contribution in [3.05, 3.63) is 65.2 Å². The van der Waals surface area contributed by atoms with Crippen molar-refractivity contribution in [1.82, 2.24) is 5.43 Å². The summed E-state index contributed by atoms with van der Waals surface area (Å²) in [5.74, 6) is 0.777. The number of amides is 1. The second-order valence-electron chi connectivity index (χ2n) is 4.70. The molecule has 0 atom stereocenters. The van der Waals surface area contributed by atoms with Gasteiger partial charge in [0, 0.05) is 0 Å². The van der Waals surface area contributed by atoms with Gasteiger partial charge in [-0.2, -0.15) is 5.10 Å². The molecule has 0 fully saturated rings. The normalized spacial score (nSPS) is 10.5. The van der Waals surface area contributed by atoms with E-state index >= 15 is 0 Å². The number of hydrogen-bond donors (Lipinski definition) is 1. The van der Waals surface area contributed by atoms with E-state index < -0.39 is 6.09 Å². The Balaban J connectivity index is 1.86. The lowest BCUT2D eigenvalue weighted by Gasteiger charge is -2.06. The Morgan fingerprint density at radius 2 is 1.82 bits per heavy atom. The van der Waals surface area contributed by atoms with Gasteiger partial charge in [-0.3, -0.25) is 0 Å². The van der Waals surface area contributed by atoms with Gasteiger partial charge in [0.25, 0.3) is 0 Å². The number of carbonyl (C=O) groups excluding carboxylic acids is 1. The number of ether oxygens (including phenoxy) is 2. The summed E-state index contributed by atoms with van der Waals surface area (Å²) >= 11 is 0. The molecule has 2 aromatic carbocycles. The molecular formula is C17H18N2O3. The summed E-state index contributed by atoms with van der Waals surface area (Å²) in [4.78, 5) is 10.8. The molecule has 0 bridgehead atoms. The van der Waals surface area contributed by atoms with Gasteiger partial charge in [-0.05, 0) is 42.3 Å². The number of nitrogens with one attached hydrogen (secondary N) is 1. The maximum atomic E-state index is 10.8. The van der Waals surface area contributed by atoms with Crippen molar-refractivity contribution in [1.29, 1.82) is 0 Å². The highest BCUT2D eigenvalue weighted by Crippen LogP contribution is 2.13. The number of benzene rings is 2. The maximum Gasteiger partial charge on any atom is 0.427 e. The molecule has 2 rings (SSSR count). The monoisotopic (exact) mass is 298 g/mol. The van der Waals surface area contributed by atoms with E-state index in [0.29, 0.717) is 6.61 Å². The molecule has 0 aliphatic carbocycles. The number of nitrogens with zero attached hydrogens (tertiary/aromatic N) is 1. The van der Waals surface area contributed by atoms with Gasteiger partial charge in [0.1, 0.15) is 12.4 Å². The van der Waals surface area contributed by atoms with E-state index in [1.807, 2.05) is 24.3 Å². The van der Waals surface area contributed by atoms with Crippen molar-refractivity contribution in [3.8, 4) is 5.75 Å². The van der Waals surface area contributed by atoms with E-state index in [-0.39, 0.29) is 0 Å². The van der Waals surface area contributed by atoms with Gasteiger partial charge in [0.2, 0.25) is 0 Å². The Morgan fingerprint density at radius 3 is 2.45 bits per heavy atom. The minimum absolute atomic E-state index is 0.525. The summed E-state index contributed by atoms with van der Waals surface area (Å²) in [6.45, 7) is 2.58. The van der Waals surface area contributed by atoms with E-state index in [0.717, 1.165) is 16.9 Å². The summed E-state index contributed by atoms with van der Waals surface area (Å²) in [6, 6.07) is 15.6. The third-order valence-corrected chi connectivity index (χ3v) is 2.96. The molecule has 22 heavy (non-hydrogen) atoms. The zero-order valence-corrected chi connectivity index (χ0v) is 12.6. The summed E-state index contributed by atoms with van der Waals surface area (Å²) in [6.07, 6.45) is 0.926. The zero-order chi connectivity index (χ0) is 15.8. The SMILES string of the molecule is COC(=O)N/N=C\c1ccc(OCc2ccc(C)cc2)cc1. The first kappa shape index (κ1) is 15.6. The highest BCUT2D eigenvalue weighted by atomic mass is 16.5. The Kier molecular flexibility index (Phi) is 5.54. The molecule has 0 radical (unpaired) electrons. The lowest BCUT2D eigenvalue weighted by molar-refractivity contribution is 0.171. The number of hydrazone groups is 1. The van der Waals surface area contributed by atoms with Crippen LogP contribution in [0.2, 0.25) is 0 Å². The fourth-order valence-electron chi connectivity index (χ4n) is 1.71. The summed E-state index contributed by atoms with van der Waals surface area (Å²) < 4.78 is 10.1. The molecule has 0 heterocycles. The number of methoxy groups -OCH3 is 1. The van der Waals surface area contributed by atoms with Crippen LogP contribution >= 0.6 is 0 Å². The molecule has 1 amide bonds. The molecule has 0 saturated heterocycles. The van der Waals surface area contributed by atoms with Crippen LogP contribution in [-0.4, -0.2) is 19.4 Å². The Labute approximate surface area is 129 Å². The Hall–Kier alpha value is -2.82. The van der Waals surface area contributed by atoms with E-state index in [9.17, 15) is 4.79 Å². The summed E-state index contributed by atoms with van der Waals surface area (Å²) in [5, 5.41) is 3.75. The average molecular weight is 298 g/mol. The first-order valence-corrected chi connectivity index (χ1v) is 6.83. The quantitative estimate of drug-likeness (QED) is 0.681. The first-order valence-electron chi connectivity index (χ1n) is 6.83. The fraction of sp³-hybridized carbons (Fsp3) is 0.176. The number of rotatable bonds is 5. The molecule has 0 spiro atoms. The zero-order valence-electron chi connectivity index (χ0n) is 12.6. The lowest BCUT2D eigenvalue weighted by atomic mass is 10.2. The van der Waals surface area contributed by atoms with E-state index in [1.165, 1.54) is 18.9 Å². The Bertz CT molecular complexity index is 634. The molecule has 0 aliphatic heterocycles. The maximum absolute atomic E-state index is 10.8. The third-order valence-electron chi connectivity index (χ3n) is 2.96. The minimum Gasteiger partial charge on any atom is -0.489 e. The first-order chi connectivity index (χ1) is 10.7. The van der Waals surface area contributed by atoms with Crippen LogP contribution < -0.4 is 10.2 Å². The number of aryl methyl sites for hydroxylation is 1. The van der Waals surface area contributed by atoms with Crippen LogP contribution in [0.1, 0.15) is 16.7 Å². The van der Waals surface area contributed by atoms with E-state index in [2.05, 4.69) is 46.5 Å². The number of hydrogen-bond acceptors (Lipinski definition) is 4. The third kappa shape index (κ3) is 4.94. The van der Waals surface area contributed by atoms with Gasteiger partial charge < -0.3 is 9.47 Å². The van der Waals surface area contributed by atoms with Gasteiger partial charge in [-0.15, -0.1) is 0 Å². The van der Waals surface area contributed by atoms with Crippen LogP contribution in [0.25, 0.3) is 0 Å². The van der Waals surface area contributed by atoms with Crippen LogP contribution in [0, 0.1) is 6.92 Å². The molecule has 0 unspecified atom stereocenters. The van der Waals surface area contributed by atoms with Gasteiger partial charge in [-0.25, -0.2) is 10.2 Å². The fourth-order valence-corrected chi connectivity index (χ4v) is 1.71. The summed E-state index contributed by atoms with van der Waals surface area (Å²) in [5.41, 5.74) is 5.42. The van der Waals surface area contributed by atoms with Crippen molar-refractivity contribution < 1.29 is 14.3 Å². The van der Waals surface area contributed by atoms with Gasteiger partial charge in [0.05, 0.1) is 13.3 Å². The topological polar surface area (TPSA) is 59.9 Å². The smallest absolute Gasteiger partial charge is 0.427 e. The highest BCUT2D eigenvalue weighted by Gasteiger charge is 1.97. The molecule has 5 heteroatoms. The van der Waals surface area contributed by atoms with E-state index in [4.69, 9.17) is 4.74 Å². The number of carbonyl (C=O) groups is 1. The van der Waals surface area contributed by atoms with Gasteiger partial charge in [0.15, 0.2) is 0 Å². The molecule has 0 aromatic heterocycles. The van der Waals surface area contributed by atoms with Gasteiger partial charge in [-0.1, -0.05) is 29.8 Å². The molecule has 1 N–H and O–H groups in total. The minimum atomic E-state index is -0.602. The molecule has 0 saturated carbocycles. The van der Waals surface area contributed by atoms with Gasteiger partial charge >= 0.3 is 6.09 Å². The van der Waals surface area contributed by atoms with Crippen LogP contribution in [0.15, 0.2) is 53.6 Å². The highest BCUT2D eigenvalue weighted by molar-refractivity contribution is 5.80. The average Bonchev–Trinajstić information content (AvgIpc) is 2.55. The Morgan fingerprint density at radius 1 is 1.14 bits per heavy atom. The molecule has 114 valence electrons.